The lowest BCUT2D eigenvalue weighted by Crippen LogP contribution is -1.78. The number of benzene rings is 2. The van der Waals surface area contributed by atoms with E-state index in [9.17, 15) is 0 Å². The third-order valence-corrected chi connectivity index (χ3v) is 5.24. The Balaban J connectivity index is 2.05. The molecule has 0 N–H and O–H groups in total. The van der Waals surface area contributed by atoms with E-state index in [1.807, 2.05) is 11.3 Å². The molecule has 3 rings (SSSR count). The van der Waals surface area contributed by atoms with Crippen LogP contribution in [0.1, 0.15) is 26.4 Å². The van der Waals surface area contributed by atoms with Gasteiger partial charge in [0, 0.05) is 9.75 Å². The largest absolute Gasteiger partial charge is 0.141 e. The van der Waals surface area contributed by atoms with E-state index in [2.05, 4.69) is 75.4 Å². The molecule has 20 heavy (non-hydrogen) atoms. The standard InChI is InChI=1S/C19H18S/c1-13-14(2)19(20-15(13)3)12-11-17-9-6-8-16-7-4-5-10-18(16)17/h4-12H,1-3H3. The van der Waals surface area contributed by atoms with Gasteiger partial charge in [-0.1, -0.05) is 48.5 Å². The minimum absolute atomic E-state index is 1.28. The molecule has 0 spiro atoms. The van der Waals surface area contributed by atoms with Crippen molar-refractivity contribution in [3.63, 3.8) is 0 Å². The van der Waals surface area contributed by atoms with Gasteiger partial charge in [-0.2, -0.15) is 0 Å². The Kier molecular flexibility index (Phi) is 3.45. The quantitative estimate of drug-likeness (QED) is 0.539. The summed E-state index contributed by atoms with van der Waals surface area (Å²) < 4.78 is 0. The zero-order chi connectivity index (χ0) is 14.1. The van der Waals surface area contributed by atoms with Gasteiger partial charge < -0.3 is 0 Å². The predicted octanol–water partition coefficient (Wildman–Crippen LogP) is 6.00. The molecule has 0 nitrogen and oxygen atoms in total. The second-order valence-corrected chi connectivity index (χ2v) is 6.43. The Morgan fingerprint density at radius 2 is 1.55 bits per heavy atom. The van der Waals surface area contributed by atoms with Gasteiger partial charge in [0.05, 0.1) is 0 Å². The molecule has 0 saturated heterocycles. The highest BCUT2D eigenvalue weighted by molar-refractivity contribution is 7.13. The van der Waals surface area contributed by atoms with Gasteiger partial charge in [0.1, 0.15) is 0 Å². The van der Waals surface area contributed by atoms with Gasteiger partial charge >= 0.3 is 0 Å². The van der Waals surface area contributed by atoms with Crippen molar-refractivity contribution < 1.29 is 0 Å². The summed E-state index contributed by atoms with van der Waals surface area (Å²) in [6, 6.07) is 15.0. The SMILES string of the molecule is Cc1sc(C=Cc2cccc3ccccc23)c(C)c1C. The lowest BCUT2D eigenvalue weighted by atomic mass is 10.0. The molecule has 2 aromatic carbocycles. The fourth-order valence-corrected chi connectivity index (χ4v) is 3.57. The van der Waals surface area contributed by atoms with E-state index in [1.54, 1.807) is 0 Å². The van der Waals surface area contributed by atoms with Crippen LogP contribution >= 0.6 is 11.3 Å². The third kappa shape index (κ3) is 2.30. The Morgan fingerprint density at radius 3 is 2.30 bits per heavy atom. The summed E-state index contributed by atoms with van der Waals surface area (Å²) in [5.41, 5.74) is 4.11. The van der Waals surface area contributed by atoms with Gasteiger partial charge in [0.2, 0.25) is 0 Å². The lowest BCUT2D eigenvalue weighted by Gasteiger charge is -2.01. The topological polar surface area (TPSA) is 0 Å². The molecule has 0 unspecified atom stereocenters. The minimum atomic E-state index is 1.28. The average molecular weight is 278 g/mol. The van der Waals surface area contributed by atoms with Crippen LogP contribution in [0.3, 0.4) is 0 Å². The van der Waals surface area contributed by atoms with Gasteiger partial charge in [-0.15, -0.1) is 11.3 Å². The van der Waals surface area contributed by atoms with Crippen LogP contribution < -0.4 is 0 Å². The molecule has 1 aromatic heterocycles. The second kappa shape index (κ2) is 5.26. The highest BCUT2D eigenvalue weighted by Crippen LogP contribution is 2.29. The van der Waals surface area contributed by atoms with Crippen molar-refractivity contribution in [2.24, 2.45) is 0 Å². The Labute approximate surface area is 124 Å². The van der Waals surface area contributed by atoms with E-state index in [4.69, 9.17) is 0 Å². The van der Waals surface area contributed by atoms with Crippen LogP contribution in [-0.4, -0.2) is 0 Å². The molecule has 0 aliphatic heterocycles. The Hall–Kier alpha value is -1.86. The van der Waals surface area contributed by atoms with Crippen molar-refractivity contribution in [1.82, 2.24) is 0 Å². The maximum atomic E-state index is 2.25. The minimum Gasteiger partial charge on any atom is -0.141 e. The second-order valence-electron chi connectivity index (χ2n) is 5.17. The average Bonchev–Trinajstić information content (AvgIpc) is 2.72. The van der Waals surface area contributed by atoms with Gasteiger partial charge in [-0.25, -0.2) is 0 Å². The zero-order valence-electron chi connectivity index (χ0n) is 12.1. The highest BCUT2D eigenvalue weighted by Gasteiger charge is 2.05. The number of rotatable bonds is 2. The first-order valence-electron chi connectivity index (χ1n) is 6.89. The van der Waals surface area contributed by atoms with Crippen molar-refractivity contribution in [2.45, 2.75) is 20.8 Å². The molecule has 100 valence electrons. The van der Waals surface area contributed by atoms with Crippen LogP contribution in [0, 0.1) is 20.8 Å². The van der Waals surface area contributed by atoms with E-state index in [-0.39, 0.29) is 0 Å². The molecule has 0 aliphatic rings. The molecule has 0 saturated carbocycles. The smallest absolute Gasteiger partial charge is 0.0305 e. The summed E-state index contributed by atoms with van der Waals surface area (Å²) in [5, 5.41) is 2.61. The first-order valence-corrected chi connectivity index (χ1v) is 7.71. The predicted molar refractivity (Wildman–Crippen MR) is 91.4 cm³/mol. The van der Waals surface area contributed by atoms with Gasteiger partial charge in [-0.05, 0) is 54.3 Å². The van der Waals surface area contributed by atoms with Crippen molar-refractivity contribution in [1.29, 1.82) is 0 Å². The van der Waals surface area contributed by atoms with Crippen molar-refractivity contribution in [2.75, 3.05) is 0 Å². The van der Waals surface area contributed by atoms with Crippen LogP contribution in [0.25, 0.3) is 22.9 Å². The molecular formula is C19H18S. The van der Waals surface area contributed by atoms with Crippen molar-refractivity contribution >= 4 is 34.3 Å². The van der Waals surface area contributed by atoms with Gasteiger partial charge in [0.15, 0.2) is 0 Å². The number of hydrogen-bond donors (Lipinski definition) is 0. The first kappa shape index (κ1) is 13.1. The molecule has 0 amide bonds. The lowest BCUT2D eigenvalue weighted by molar-refractivity contribution is 1.35. The van der Waals surface area contributed by atoms with Crippen LogP contribution in [0.4, 0.5) is 0 Å². The number of hydrogen-bond acceptors (Lipinski definition) is 1. The number of fused-ring (bicyclic) bond motifs is 1. The summed E-state index contributed by atoms with van der Waals surface area (Å²) in [6.45, 7) is 6.61. The summed E-state index contributed by atoms with van der Waals surface area (Å²) in [4.78, 5) is 2.79. The van der Waals surface area contributed by atoms with Crippen molar-refractivity contribution in [3.05, 3.63) is 68.9 Å². The maximum Gasteiger partial charge on any atom is 0.0305 e. The molecule has 0 aliphatic carbocycles. The van der Waals surface area contributed by atoms with Crippen LogP contribution in [0.5, 0.6) is 0 Å². The summed E-state index contributed by atoms with van der Waals surface area (Å²) in [5.74, 6) is 0. The number of aryl methyl sites for hydroxylation is 1. The van der Waals surface area contributed by atoms with Crippen LogP contribution in [-0.2, 0) is 0 Å². The first-order chi connectivity index (χ1) is 9.66. The van der Waals surface area contributed by atoms with Crippen LogP contribution in [0.15, 0.2) is 42.5 Å². The summed E-state index contributed by atoms with van der Waals surface area (Å²) >= 11 is 1.88. The monoisotopic (exact) mass is 278 g/mol. The fraction of sp³-hybridized carbons (Fsp3) is 0.158. The highest BCUT2D eigenvalue weighted by atomic mass is 32.1. The zero-order valence-corrected chi connectivity index (χ0v) is 12.9. The van der Waals surface area contributed by atoms with Crippen LogP contribution in [0.2, 0.25) is 0 Å². The molecule has 0 bridgehead atoms. The molecule has 1 heterocycles. The van der Waals surface area contributed by atoms with Gasteiger partial charge in [0.25, 0.3) is 0 Å². The summed E-state index contributed by atoms with van der Waals surface area (Å²) in [7, 11) is 0. The maximum absolute atomic E-state index is 2.25. The molecule has 3 aromatic rings. The third-order valence-electron chi connectivity index (χ3n) is 3.96. The van der Waals surface area contributed by atoms with E-state index < -0.39 is 0 Å². The van der Waals surface area contributed by atoms with E-state index in [0.29, 0.717) is 0 Å². The molecular weight excluding hydrogens is 260 g/mol. The Bertz CT molecular complexity index is 785. The molecule has 0 fully saturated rings. The number of thiophene rings is 1. The molecule has 0 atom stereocenters. The Morgan fingerprint density at radius 1 is 0.800 bits per heavy atom. The van der Waals surface area contributed by atoms with Crippen molar-refractivity contribution in [3.8, 4) is 0 Å². The van der Waals surface area contributed by atoms with E-state index in [0.717, 1.165) is 0 Å². The fourth-order valence-electron chi connectivity index (χ4n) is 2.49. The molecule has 0 radical (unpaired) electrons. The van der Waals surface area contributed by atoms with E-state index >= 15 is 0 Å². The van der Waals surface area contributed by atoms with Gasteiger partial charge in [-0.3, -0.25) is 0 Å². The normalized spacial score (nSPS) is 11.6. The molecule has 1 heteroatoms. The summed E-state index contributed by atoms with van der Waals surface area (Å²) in [6.07, 6.45) is 4.49. The van der Waals surface area contributed by atoms with E-state index in [1.165, 1.54) is 37.2 Å².